The monoisotopic (exact) mass is 234 g/mol. The van der Waals surface area contributed by atoms with Crippen LogP contribution in [0.3, 0.4) is 0 Å². The number of carboxylic acid groups (broad SMARTS) is 1. The molecule has 0 aromatic carbocycles. The van der Waals surface area contributed by atoms with Gasteiger partial charge in [0, 0.05) is 0 Å². The van der Waals surface area contributed by atoms with Gasteiger partial charge in [0.1, 0.15) is 5.56 Å². The summed E-state index contributed by atoms with van der Waals surface area (Å²) in [5.41, 5.74) is -1.97. The highest BCUT2D eigenvalue weighted by atomic mass is 19.4. The fourth-order valence-electron chi connectivity index (χ4n) is 1.66. The zero-order valence-electron chi connectivity index (χ0n) is 8.38. The third-order valence-corrected chi connectivity index (χ3v) is 2.46. The molecule has 7 heteroatoms. The molecule has 16 heavy (non-hydrogen) atoms. The third kappa shape index (κ3) is 1.66. The highest BCUT2D eigenvalue weighted by Gasteiger charge is 2.44. The summed E-state index contributed by atoms with van der Waals surface area (Å²) in [5, 5.41) is 12.4. The summed E-state index contributed by atoms with van der Waals surface area (Å²) in [6.45, 7) is 1.28. The van der Waals surface area contributed by atoms with E-state index in [1.54, 1.807) is 0 Å². The number of halogens is 3. The van der Waals surface area contributed by atoms with Crippen molar-refractivity contribution in [3.8, 4) is 0 Å². The van der Waals surface area contributed by atoms with Crippen LogP contribution in [0.2, 0.25) is 0 Å². The number of aromatic carboxylic acids is 1. The van der Waals surface area contributed by atoms with E-state index in [0.29, 0.717) is 12.8 Å². The van der Waals surface area contributed by atoms with E-state index in [9.17, 15) is 18.0 Å². The van der Waals surface area contributed by atoms with E-state index < -0.39 is 23.4 Å². The molecule has 1 aliphatic carbocycles. The molecule has 0 unspecified atom stereocenters. The van der Waals surface area contributed by atoms with Gasteiger partial charge < -0.3 is 5.11 Å². The van der Waals surface area contributed by atoms with Crippen molar-refractivity contribution in [1.29, 1.82) is 0 Å². The number of hydrogen-bond donors (Lipinski definition) is 1. The minimum atomic E-state index is -4.68. The van der Waals surface area contributed by atoms with E-state index in [0.717, 1.165) is 4.68 Å². The van der Waals surface area contributed by atoms with Crippen LogP contribution in [-0.2, 0) is 6.18 Å². The van der Waals surface area contributed by atoms with Gasteiger partial charge in [0.15, 0.2) is 5.69 Å². The first kappa shape index (κ1) is 11.0. The number of aromatic nitrogens is 2. The molecule has 2 rings (SSSR count). The van der Waals surface area contributed by atoms with Crippen LogP contribution in [0.15, 0.2) is 0 Å². The zero-order valence-corrected chi connectivity index (χ0v) is 8.38. The summed E-state index contributed by atoms with van der Waals surface area (Å²) in [5.74, 6) is -1.59. The Morgan fingerprint density at radius 1 is 1.50 bits per heavy atom. The average Bonchev–Trinajstić information content (AvgIpc) is 2.87. The van der Waals surface area contributed by atoms with Gasteiger partial charge in [-0.1, -0.05) is 0 Å². The topological polar surface area (TPSA) is 55.1 Å². The molecule has 88 valence electrons. The number of hydrogen-bond acceptors (Lipinski definition) is 2. The van der Waals surface area contributed by atoms with Gasteiger partial charge in [0.25, 0.3) is 0 Å². The van der Waals surface area contributed by atoms with Gasteiger partial charge in [0.2, 0.25) is 0 Å². The van der Waals surface area contributed by atoms with E-state index >= 15 is 0 Å². The molecule has 0 spiro atoms. The number of carbonyl (C=O) groups is 1. The Hall–Kier alpha value is -1.53. The molecule has 0 atom stereocenters. The van der Waals surface area contributed by atoms with E-state index in [-0.39, 0.29) is 11.7 Å². The second-order valence-electron chi connectivity index (χ2n) is 3.79. The molecule has 1 aromatic rings. The van der Waals surface area contributed by atoms with Crippen LogP contribution < -0.4 is 0 Å². The molecule has 1 fully saturated rings. The maximum absolute atomic E-state index is 12.7. The second kappa shape index (κ2) is 3.23. The van der Waals surface area contributed by atoms with Gasteiger partial charge in [-0.3, -0.25) is 4.68 Å². The van der Waals surface area contributed by atoms with Gasteiger partial charge in [-0.05, 0) is 19.8 Å². The summed E-state index contributed by atoms with van der Waals surface area (Å²) in [6, 6.07) is -0.302. The zero-order chi connectivity index (χ0) is 12.1. The maximum Gasteiger partial charge on any atom is 0.433 e. The van der Waals surface area contributed by atoms with Crippen LogP contribution in [0.1, 0.15) is 40.6 Å². The Morgan fingerprint density at radius 3 is 2.44 bits per heavy atom. The Balaban J connectivity index is 2.63. The lowest BCUT2D eigenvalue weighted by Gasteiger charge is -2.10. The predicted octanol–water partition coefficient (Wildman–Crippen LogP) is 2.24. The summed E-state index contributed by atoms with van der Waals surface area (Å²) in [7, 11) is 0. The number of aryl methyl sites for hydroxylation is 1. The lowest BCUT2D eigenvalue weighted by Crippen LogP contribution is -2.17. The Kier molecular flexibility index (Phi) is 2.21. The smallest absolute Gasteiger partial charge is 0.433 e. The number of alkyl halides is 3. The van der Waals surface area contributed by atoms with Crippen molar-refractivity contribution < 1.29 is 23.1 Å². The van der Waals surface area contributed by atoms with Crippen LogP contribution >= 0.6 is 0 Å². The SMILES string of the molecule is Cc1nn(C2CC2)c(C(F)(F)F)c1C(=O)O. The van der Waals surface area contributed by atoms with E-state index in [2.05, 4.69) is 5.10 Å². The number of nitrogens with zero attached hydrogens (tertiary/aromatic N) is 2. The second-order valence-corrected chi connectivity index (χ2v) is 3.79. The molecular formula is C9H9F3N2O2. The van der Waals surface area contributed by atoms with E-state index in [1.807, 2.05) is 0 Å². The summed E-state index contributed by atoms with van der Waals surface area (Å²) < 4.78 is 39.0. The standard InChI is InChI=1S/C9H9F3N2O2/c1-4-6(8(15)16)7(9(10,11)12)14(13-4)5-2-3-5/h5H,2-3H2,1H3,(H,15,16). The Bertz CT molecular complexity index is 446. The molecule has 1 aromatic heterocycles. The number of carboxylic acids is 1. The lowest BCUT2D eigenvalue weighted by molar-refractivity contribution is -0.144. The van der Waals surface area contributed by atoms with Crippen LogP contribution in [0, 0.1) is 6.92 Å². The Labute approximate surface area is 88.7 Å². The van der Waals surface area contributed by atoms with Gasteiger partial charge in [-0.2, -0.15) is 18.3 Å². The molecule has 0 saturated heterocycles. The first-order valence-corrected chi connectivity index (χ1v) is 4.72. The normalized spacial score (nSPS) is 16.5. The van der Waals surface area contributed by atoms with Crippen molar-refractivity contribution >= 4 is 5.97 Å². The molecule has 1 saturated carbocycles. The van der Waals surface area contributed by atoms with Gasteiger partial charge in [-0.25, -0.2) is 4.79 Å². The van der Waals surface area contributed by atoms with Crippen molar-refractivity contribution in [3.05, 3.63) is 17.0 Å². The van der Waals surface area contributed by atoms with Crippen molar-refractivity contribution in [3.63, 3.8) is 0 Å². The highest BCUT2D eigenvalue weighted by Crippen LogP contribution is 2.42. The summed E-state index contributed by atoms with van der Waals surface area (Å²) >= 11 is 0. The summed E-state index contributed by atoms with van der Waals surface area (Å²) in [6.07, 6.45) is -3.45. The molecule has 0 bridgehead atoms. The van der Waals surface area contributed by atoms with Gasteiger partial charge in [0.05, 0.1) is 11.7 Å². The first-order chi connectivity index (χ1) is 7.32. The quantitative estimate of drug-likeness (QED) is 0.853. The predicted molar refractivity (Wildman–Crippen MR) is 47.2 cm³/mol. The van der Waals surface area contributed by atoms with Crippen molar-refractivity contribution in [2.24, 2.45) is 0 Å². The van der Waals surface area contributed by atoms with Crippen LogP contribution in [0.25, 0.3) is 0 Å². The lowest BCUT2D eigenvalue weighted by atomic mass is 10.2. The van der Waals surface area contributed by atoms with Crippen LogP contribution in [0.4, 0.5) is 13.2 Å². The van der Waals surface area contributed by atoms with Gasteiger partial charge >= 0.3 is 12.1 Å². The minimum absolute atomic E-state index is 0.0910. The molecule has 0 amide bonds. The molecular weight excluding hydrogens is 225 g/mol. The van der Waals surface area contributed by atoms with E-state index in [4.69, 9.17) is 5.11 Å². The van der Waals surface area contributed by atoms with Crippen LogP contribution in [0.5, 0.6) is 0 Å². The highest BCUT2D eigenvalue weighted by molar-refractivity contribution is 5.90. The van der Waals surface area contributed by atoms with Crippen LogP contribution in [-0.4, -0.2) is 20.9 Å². The number of rotatable bonds is 2. The van der Waals surface area contributed by atoms with Crippen molar-refractivity contribution in [1.82, 2.24) is 9.78 Å². The Morgan fingerprint density at radius 2 is 2.06 bits per heavy atom. The van der Waals surface area contributed by atoms with Gasteiger partial charge in [-0.15, -0.1) is 0 Å². The molecule has 0 radical (unpaired) electrons. The third-order valence-electron chi connectivity index (χ3n) is 2.46. The van der Waals surface area contributed by atoms with Crippen molar-refractivity contribution in [2.45, 2.75) is 32.0 Å². The fraction of sp³-hybridized carbons (Fsp3) is 0.556. The molecule has 1 aliphatic rings. The summed E-state index contributed by atoms with van der Waals surface area (Å²) in [4.78, 5) is 10.8. The maximum atomic E-state index is 12.7. The molecule has 1 N–H and O–H groups in total. The molecule has 0 aliphatic heterocycles. The molecule has 4 nitrogen and oxygen atoms in total. The average molecular weight is 234 g/mol. The molecule has 1 heterocycles. The van der Waals surface area contributed by atoms with E-state index in [1.165, 1.54) is 6.92 Å². The largest absolute Gasteiger partial charge is 0.478 e. The van der Waals surface area contributed by atoms with Crippen molar-refractivity contribution in [2.75, 3.05) is 0 Å². The fourth-order valence-corrected chi connectivity index (χ4v) is 1.66. The minimum Gasteiger partial charge on any atom is -0.478 e. The first-order valence-electron chi connectivity index (χ1n) is 4.72.